The van der Waals surface area contributed by atoms with Crippen molar-refractivity contribution in [3.63, 3.8) is 0 Å². The van der Waals surface area contributed by atoms with Gasteiger partial charge in [0, 0.05) is 18.2 Å². The zero-order chi connectivity index (χ0) is 12.9. The molecule has 3 heteroatoms. The van der Waals surface area contributed by atoms with E-state index in [1.165, 1.54) is 63.6 Å². The van der Waals surface area contributed by atoms with Gasteiger partial charge in [0.15, 0.2) is 0 Å². The Kier molecular flexibility index (Phi) is 4.57. The van der Waals surface area contributed by atoms with Crippen LogP contribution in [0.4, 0.5) is 0 Å². The first kappa shape index (κ1) is 13.2. The molecule has 0 unspecified atom stereocenters. The highest BCUT2D eigenvalue weighted by atomic mass is 16.3. The Labute approximate surface area is 116 Å². The Balaban J connectivity index is 1.47. The molecule has 3 rings (SSSR count). The predicted octanol–water partition coefficient (Wildman–Crippen LogP) is 3.30. The first-order chi connectivity index (χ1) is 9.40. The Morgan fingerprint density at radius 3 is 2.58 bits per heavy atom. The highest BCUT2D eigenvalue weighted by molar-refractivity contribution is 5.13. The van der Waals surface area contributed by atoms with Gasteiger partial charge in [-0.2, -0.15) is 0 Å². The van der Waals surface area contributed by atoms with Crippen LogP contribution in [0.3, 0.4) is 0 Å². The Morgan fingerprint density at radius 2 is 1.84 bits per heavy atom. The maximum atomic E-state index is 5.71. The minimum atomic E-state index is 0.771. The van der Waals surface area contributed by atoms with Gasteiger partial charge in [-0.3, -0.25) is 4.90 Å². The summed E-state index contributed by atoms with van der Waals surface area (Å²) in [6, 6.07) is 3.00. The van der Waals surface area contributed by atoms with E-state index in [-0.39, 0.29) is 0 Å². The summed E-state index contributed by atoms with van der Waals surface area (Å²) in [6.07, 6.45) is 11.5. The van der Waals surface area contributed by atoms with Crippen LogP contribution in [-0.4, -0.2) is 24.0 Å². The molecule has 0 aromatic carbocycles. The fourth-order valence-corrected chi connectivity index (χ4v) is 2.84. The number of nitrogens with zero attached hydrogens (tertiary/aromatic N) is 1. The van der Waals surface area contributed by atoms with Gasteiger partial charge in [0.25, 0.3) is 0 Å². The van der Waals surface area contributed by atoms with Crippen LogP contribution in [0.15, 0.2) is 16.7 Å². The van der Waals surface area contributed by atoms with Crippen molar-refractivity contribution >= 4 is 0 Å². The molecular weight excluding hydrogens is 236 g/mol. The lowest BCUT2D eigenvalue weighted by Gasteiger charge is -2.23. The van der Waals surface area contributed by atoms with E-state index in [2.05, 4.69) is 16.3 Å². The minimum absolute atomic E-state index is 0.771. The quantitative estimate of drug-likeness (QED) is 0.882. The Bertz CT molecular complexity index is 376. The van der Waals surface area contributed by atoms with E-state index in [9.17, 15) is 0 Å². The van der Waals surface area contributed by atoms with Crippen LogP contribution in [0.25, 0.3) is 0 Å². The van der Waals surface area contributed by atoms with Gasteiger partial charge in [-0.25, -0.2) is 0 Å². The Hall–Kier alpha value is -0.800. The molecule has 2 heterocycles. The molecule has 3 nitrogen and oxygen atoms in total. The standard InChI is InChI=1S/C16H26N2O/c1-2-4-8-18(9-5-3-1)12-16-10-14(13-19-16)11-17-15-6-7-15/h10,13,15,17H,1-9,11-12H2. The molecule has 0 atom stereocenters. The summed E-state index contributed by atoms with van der Waals surface area (Å²) < 4.78 is 5.71. The van der Waals surface area contributed by atoms with Crippen molar-refractivity contribution in [1.82, 2.24) is 10.2 Å². The van der Waals surface area contributed by atoms with Gasteiger partial charge in [-0.15, -0.1) is 0 Å². The molecule has 2 fully saturated rings. The molecule has 1 aliphatic heterocycles. The molecular formula is C16H26N2O. The number of hydrogen-bond acceptors (Lipinski definition) is 3. The highest BCUT2D eigenvalue weighted by Crippen LogP contribution is 2.20. The Morgan fingerprint density at radius 1 is 1.11 bits per heavy atom. The molecule has 2 aliphatic rings. The summed E-state index contributed by atoms with van der Waals surface area (Å²) >= 11 is 0. The molecule has 1 aromatic heterocycles. The molecule has 0 radical (unpaired) electrons. The summed E-state index contributed by atoms with van der Waals surface area (Å²) in [6.45, 7) is 4.42. The van der Waals surface area contributed by atoms with E-state index in [1.54, 1.807) is 0 Å². The summed E-state index contributed by atoms with van der Waals surface area (Å²) in [5.41, 5.74) is 1.30. The van der Waals surface area contributed by atoms with Crippen molar-refractivity contribution in [1.29, 1.82) is 0 Å². The second kappa shape index (κ2) is 6.58. The highest BCUT2D eigenvalue weighted by Gasteiger charge is 2.20. The monoisotopic (exact) mass is 262 g/mol. The van der Waals surface area contributed by atoms with Crippen LogP contribution < -0.4 is 5.32 Å². The van der Waals surface area contributed by atoms with Crippen LogP contribution in [0.2, 0.25) is 0 Å². The third-order valence-electron chi connectivity index (χ3n) is 4.21. The van der Waals surface area contributed by atoms with E-state index < -0.39 is 0 Å². The number of rotatable bonds is 5. The van der Waals surface area contributed by atoms with Crippen molar-refractivity contribution in [3.8, 4) is 0 Å². The first-order valence-electron chi connectivity index (χ1n) is 7.92. The van der Waals surface area contributed by atoms with Crippen LogP contribution >= 0.6 is 0 Å². The fourth-order valence-electron chi connectivity index (χ4n) is 2.84. The largest absolute Gasteiger partial charge is 0.468 e. The number of likely N-dealkylation sites (tertiary alicyclic amines) is 1. The second-order valence-electron chi connectivity index (χ2n) is 6.12. The topological polar surface area (TPSA) is 28.4 Å². The SMILES string of the molecule is c1oc(CN2CCCCCCC2)cc1CNC1CC1. The van der Waals surface area contributed by atoms with E-state index in [1.807, 2.05) is 6.26 Å². The van der Waals surface area contributed by atoms with Gasteiger partial charge in [-0.05, 0) is 44.8 Å². The zero-order valence-electron chi connectivity index (χ0n) is 11.9. The van der Waals surface area contributed by atoms with Crippen molar-refractivity contribution < 1.29 is 4.42 Å². The molecule has 1 N–H and O–H groups in total. The van der Waals surface area contributed by atoms with Crippen molar-refractivity contribution in [2.24, 2.45) is 0 Å². The van der Waals surface area contributed by atoms with Crippen LogP contribution in [0.1, 0.15) is 56.3 Å². The third kappa shape index (κ3) is 4.36. The number of furan rings is 1. The maximum absolute atomic E-state index is 5.71. The van der Waals surface area contributed by atoms with Gasteiger partial charge in [0.05, 0.1) is 12.8 Å². The van der Waals surface area contributed by atoms with Gasteiger partial charge in [0.1, 0.15) is 5.76 Å². The predicted molar refractivity (Wildman–Crippen MR) is 76.9 cm³/mol. The van der Waals surface area contributed by atoms with Crippen LogP contribution in [-0.2, 0) is 13.1 Å². The van der Waals surface area contributed by atoms with Crippen LogP contribution in [0.5, 0.6) is 0 Å². The van der Waals surface area contributed by atoms with Crippen molar-refractivity contribution in [2.45, 2.75) is 64.1 Å². The fraction of sp³-hybridized carbons (Fsp3) is 0.750. The summed E-state index contributed by atoms with van der Waals surface area (Å²) in [5.74, 6) is 1.13. The smallest absolute Gasteiger partial charge is 0.118 e. The van der Waals surface area contributed by atoms with Gasteiger partial charge < -0.3 is 9.73 Å². The molecule has 0 bridgehead atoms. The molecule has 1 aromatic rings. The van der Waals surface area contributed by atoms with Gasteiger partial charge in [-0.1, -0.05) is 19.3 Å². The lowest BCUT2D eigenvalue weighted by molar-refractivity contribution is 0.222. The summed E-state index contributed by atoms with van der Waals surface area (Å²) in [5, 5.41) is 3.53. The first-order valence-corrected chi connectivity index (χ1v) is 7.92. The average Bonchev–Trinajstić information content (AvgIpc) is 3.10. The molecule has 1 aliphatic carbocycles. The lowest BCUT2D eigenvalue weighted by atomic mass is 10.1. The lowest BCUT2D eigenvalue weighted by Crippen LogP contribution is -2.26. The second-order valence-corrected chi connectivity index (χ2v) is 6.12. The van der Waals surface area contributed by atoms with Crippen molar-refractivity contribution in [2.75, 3.05) is 13.1 Å². The van der Waals surface area contributed by atoms with E-state index >= 15 is 0 Å². The third-order valence-corrected chi connectivity index (χ3v) is 4.21. The number of hydrogen-bond donors (Lipinski definition) is 1. The normalized spacial score (nSPS) is 22.1. The van der Waals surface area contributed by atoms with E-state index in [4.69, 9.17) is 4.42 Å². The summed E-state index contributed by atoms with van der Waals surface area (Å²) in [4.78, 5) is 2.55. The van der Waals surface area contributed by atoms with E-state index in [0.29, 0.717) is 0 Å². The molecule has 1 saturated heterocycles. The minimum Gasteiger partial charge on any atom is -0.468 e. The van der Waals surface area contributed by atoms with E-state index in [0.717, 1.165) is 24.9 Å². The van der Waals surface area contributed by atoms with Crippen molar-refractivity contribution in [3.05, 3.63) is 23.7 Å². The zero-order valence-corrected chi connectivity index (χ0v) is 11.9. The van der Waals surface area contributed by atoms with Gasteiger partial charge in [0.2, 0.25) is 0 Å². The van der Waals surface area contributed by atoms with Crippen LogP contribution in [0, 0.1) is 0 Å². The molecule has 106 valence electrons. The number of nitrogens with one attached hydrogen (secondary N) is 1. The van der Waals surface area contributed by atoms with Gasteiger partial charge >= 0.3 is 0 Å². The molecule has 0 amide bonds. The molecule has 0 spiro atoms. The maximum Gasteiger partial charge on any atom is 0.118 e. The average molecular weight is 262 g/mol. The molecule has 19 heavy (non-hydrogen) atoms. The summed E-state index contributed by atoms with van der Waals surface area (Å²) in [7, 11) is 0. The molecule has 1 saturated carbocycles.